The minimum atomic E-state index is 0.882. The molecule has 0 saturated carbocycles. The Labute approximate surface area is 167 Å². The maximum Gasteiger partial charge on any atom is 0.278 e. The third-order valence-corrected chi connectivity index (χ3v) is 7.20. The monoisotopic (exact) mass is 388 g/mol. The highest BCUT2D eigenvalue weighted by Crippen LogP contribution is 2.34. The molecule has 0 unspecified atom stereocenters. The molecule has 2 aliphatic heterocycles. The number of piperidine rings is 1. The first kappa shape index (κ1) is 19.0. The predicted octanol–water partition coefficient (Wildman–Crippen LogP) is 1.25. The van der Waals surface area contributed by atoms with Gasteiger partial charge in [0.15, 0.2) is 5.03 Å². The number of rotatable bonds is 5. The number of hydrogen-bond acceptors (Lipinski definition) is 4. The number of nitrogens with zero attached hydrogens (tertiary/aromatic N) is 2. The molecule has 0 bridgehead atoms. The molecular formula is C21H32N4OS+2. The molecule has 5 nitrogen and oxygen atoms in total. The Hall–Kier alpha value is -1.29. The number of pyridine rings is 1. The molecule has 3 aliphatic rings. The fourth-order valence-electron chi connectivity index (χ4n) is 4.65. The van der Waals surface area contributed by atoms with Gasteiger partial charge in [0.25, 0.3) is 5.82 Å². The number of ether oxygens (including phenoxy) is 1. The first-order valence-corrected chi connectivity index (χ1v) is 11.7. The van der Waals surface area contributed by atoms with Crippen molar-refractivity contribution in [2.24, 2.45) is 0 Å². The minimum absolute atomic E-state index is 0.882. The van der Waals surface area contributed by atoms with Crippen LogP contribution in [0, 0.1) is 11.3 Å². The summed E-state index contributed by atoms with van der Waals surface area (Å²) in [6.45, 7) is 7.43. The van der Waals surface area contributed by atoms with Crippen molar-refractivity contribution in [3.8, 4) is 6.07 Å². The summed E-state index contributed by atoms with van der Waals surface area (Å²) in [7, 11) is 0. The van der Waals surface area contributed by atoms with E-state index in [1.165, 1.54) is 49.0 Å². The summed E-state index contributed by atoms with van der Waals surface area (Å²) < 4.78 is 5.46. The van der Waals surface area contributed by atoms with Crippen LogP contribution >= 0.6 is 11.8 Å². The zero-order valence-electron chi connectivity index (χ0n) is 16.3. The van der Waals surface area contributed by atoms with Gasteiger partial charge in [-0.25, -0.2) is 4.98 Å². The summed E-state index contributed by atoms with van der Waals surface area (Å²) >= 11 is 1.85. The molecule has 27 heavy (non-hydrogen) atoms. The number of anilines is 1. The van der Waals surface area contributed by atoms with Crippen molar-refractivity contribution in [1.82, 2.24) is 0 Å². The van der Waals surface area contributed by atoms with Crippen LogP contribution in [0.15, 0.2) is 5.03 Å². The first-order valence-electron chi connectivity index (χ1n) is 10.7. The zero-order chi connectivity index (χ0) is 18.5. The fourth-order valence-corrected chi connectivity index (χ4v) is 5.72. The van der Waals surface area contributed by atoms with E-state index in [-0.39, 0.29) is 0 Å². The summed E-state index contributed by atoms with van der Waals surface area (Å²) in [6.07, 6.45) is 8.56. The Bertz CT molecular complexity index is 690. The smallest absolute Gasteiger partial charge is 0.278 e. The number of aromatic amines is 1. The SMILES string of the molecule is N#Cc1c(SCC[NH+]2CCOCC2)[nH+]c(N2CCCCC2)c2c1CCCC2. The molecule has 146 valence electrons. The van der Waals surface area contributed by atoms with Gasteiger partial charge in [-0.1, -0.05) is 11.8 Å². The molecule has 2 saturated heterocycles. The molecule has 6 heteroatoms. The van der Waals surface area contributed by atoms with E-state index in [2.05, 4.69) is 16.0 Å². The van der Waals surface area contributed by atoms with E-state index in [1.54, 1.807) is 4.90 Å². The van der Waals surface area contributed by atoms with E-state index < -0.39 is 0 Å². The van der Waals surface area contributed by atoms with Crippen LogP contribution in [0.2, 0.25) is 0 Å². The average Bonchev–Trinajstić information content (AvgIpc) is 2.74. The van der Waals surface area contributed by atoms with E-state index in [9.17, 15) is 5.26 Å². The Morgan fingerprint density at radius 1 is 1.04 bits per heavy atom. The van der Waals surface area contributed by atoms with Crippen molar-refractivity contribution >= 4 is 17.6 Å². The molecule has 1 aromatic rings. The highest BCUT2D eigenvalue weighted by Gasteiger charge is 2.30. The van der Waals surface area contributed by atoms with Gasteiger partial charge in [0.05, 0.1) is 38.6 Å². The molecule has 1 aromatic heterocycles. The topological polar surface area (TPSA) is 54.8 Å². The lowest BCUT2D eigenvalue weighted by atomic mass is 9.89. The average molecular weight is 389 g/mol. The quantitative estimate of drug-likeness (QED) is 0.772. The van der Waals surface area contributed by atoms with Gasteiger partial charge >= 0.3 is 0 Å². The van der Waals surface area contributed by atoms with E-state index in [1.807, 2.05) is 11.8 Å². The Morgan fingerprint density at radius 3 is 2.52 bits per heavy atom. The van der Waals surface area contributed by atoms with Gasteiger partial charge in [-0.3, -0.25) is 4.90 Å². The third-order valence-electron chi connectivity index (χ3n) is 6.20. The van der Waals surface area contributed by atoms with Gasteiger partial charge in [-0.2, -0.15) is 5.26 Å². The Morgan fingerprint density at radius 2 is 1.78 bits per heavy atom. The van der Waals surface area contributed by atoms with Crippen LogP contribution in [0.5, 0.6) is 0 Å². The second-order valence-electron chi connectivity index (χ2n) is 7.96. The molecule has 0 atom stereocenters. The number of quaternary nitrogens is 1. The fraction of sp³-hybridized carbons (Fsp3) is 0.714. The number of fused-ring (bicyclic) bond motifs is 1. The highest BCUT2D eigenvalue weighted by molar-refractivity contribution is 7.99. The number of aromatic nitrogens is 1. The number of morpholine rings is 1. The number of thioether (sulfide) groups is 1. The second kappa shape index (κ2) is 9.27. The van der Waals surface area contributed by atoms with Gasteiger partial charge in [-0.15, -0.1) is 0 Å². The van der Waals surface area contributed by atoms with Crippen LogP contribution < -0.4 is 14.8 Å². The van der Waals surface area contributed by atoms with Crippen LogP contribution in [0.4, 0.5) is 5.82 Å². The van der Waals surface area contributed by atoms with Crippen molar-refractivity contribution in [2.45, 2.75) is 50.0 Å². The van der Waals surface area contributed by atoms with E-state index in [0.717, 1.165) is 75.1 Å². The summed E-state index contributed by atoms with van der Waals surface area (Å²) in [5, 5.41) is 11.0. The second-order valence-corrected chi connectivity index (χ2v) is 9.07. The third kappa shape index (κ3) is 4.42. The molecule has 1 aliphatic carbocycles. The molecule has 2 fully saturated rings. The van der Waals surface area contributed by atoms with Crippen LogP contribution in [-0.2, 0) is 17.6 Å². The summed E-state index contributed by atoms with van der Waals surface area (Å²) in [5.74, 6) is 2.38. The predicted molar refractivity (Wildman–Crippen MR) is 108 cm³/mol. The summed E-state index contributed by atoms with van der Waals surface area (Å²) in [5.41, 5.74) is 3.69. The lowest BCUT2D eigenvalue weighted by Crippen LogP contribution is -3.14. The largest absolute Gasteiger partial charge is 0.370 e. The Balaban J connectivity index is 1.56. The van der Waals surface area contributed by atoms with E-state index >= 15 is 0 Å². The summed E-state index contributed by atoms with van der Waals surface area (Å²) in [4.78, 5) is 7.91. The van der Waals surface area contributed by atoms with Crippen LogP contribution in [-0.4, -0.2) is 51.7 Å². The van der Waals surface area contributed by atoms with Gasteiger partial charge in [0.1, 0.15) is 24.7 Å². The molecule has 2 N–H and O–H groups in total. The Kier molecular flexibility index (Phi) is 6.54. The minimum Gasteiger partial charge on any atom is -0.370 e. The highest BCUT2D eigenvalue weighted by atomic mass is 32.2. The van der Waals surface area contributed by atoms with Crippen molar-refractivity contribution in [3.05, 3.63) is 16.7 Å². The van der Waals surface area contributed by atoms with Crippen LogP contribution in [0.25, 0.3) is 0 Å². The zero-order valence-corrected chi connectivity index (χ0v) is 17.1. The van der Waals surface area contributed by atoms with Crippen molar-refractivity contribution < 1.29 is 14.6 Å². The maximum atomic E-state index is 9.91. The van der Waals surface area contributed by atoms with Crippen molar-refractivity contribution in [2.75, 3.05) is 56.6 Å². The number of hydrogen-bond donors (Lipinski definition) is 1. The molecule has 0 aromatic carbocycles. The molecule has 0 radical (unpaired) electrons. The normalized spacial score (nSPS) is 20.9. The number of nitrogens with one attached hydrogen (secondary N) is 2. The first-order chi connectivity index (χ1) is 13.4. The maximum absolute atomic E-state index is 9.91. The molecule has 0 spiro atoms. The van der Waals surface area contributed by atoms with Gasteiger partial charge in [0.2, 0.25) is 0 Å². The number of nitriles is 1. The van der Waals surface area contributed by atoms with Crippen LogP contribution in [0.1, 0.15) is 48.8 Å². The molecule has 3 heterocycles. The molecule has 4 rings (SSSR count). The van der Waals surface area contributed by atoms with Crippen LogP contribution in [0.3, 0.4) is 0 Å². The summed E-state index contributed by atoms with van der Waals surface area (Å²) in [6, 6.07) is 2.54. The van der Waals surface area contributed by atoms with Gasteiger partial charge < -0.3 is 9.64 Å². The lowest BCUT2D eigenvalue weighted by molar-refractivity contribution is -0.905. The van der Waals surface area contributed by atoms with Crippen molar-refractivity contribution in [3.63, 3.8) is 0 Å². The van der Waals surface area contributed by atoms with E-state index in [0.29, 0.717) is 0 Å². The lowest BCUT2D eigenvalue weighted by Gasteiger charge is -2.27. The van der Waals surface area contributed by atoms with Gasteiger partial charge in [-0.05, 0) is 50.5 Å². The van der Waals surface area contributed by atoms with Crippen molar-refractivity contribution in [1.29, 1.82) is 5.26 Å². The van der Waals surface area contributed by atoms with E-state index in [4.69, 9.17) is 4.74 Å². The molecular weight excluding hydrogens is 356 g/mol. The molecule has 0 amide bonds. The van der Waals surface area contributed by atoms with Gasteiger partial charge in [0, 0.05) is 5.56 Å². The number of H-pyrrole nitrogens is 1. The standard InChI is InChI=1S/C21H30N4OS/c22-16-19-17-6-2-3-7-18(17)20(25-8-4-1-5-9-25)23-21(19)27-15-12-24-10-13-26-14-11-24/h1-15H2/p+2.